The van der Waals surface area contributed by atoms with Crippen molar-refractivity contribution >= 4 is 24.1 Å². The van der Waals surface area contributed by atoms with Gasteiger partial charge in [-0.1, -0.05) is 30.3 Å². The lowest BCUT2D eigenvalue weighted by Gasteiger charge is -2.26. The van der Waals surface area contributed by atoms with E-state index in [1.165, 1.54) is 23.4 Å². The molecule has 0 amide bonds. The lowest BCUT2D eigenvalue weighted by molar-refractivity contribution is -0.542. The molecular weight excluding hydrogens is 402 g/mol. The summed E-state index contributed by atoms with van der Waals surface area (Å²) in [5.41, 5.74) is 1.20. The lowest BCUT2D eigenvalue weighted by atomic mass is 9.95. The number of nitro groups is 1. The van der Waals surface area contributed by atoms with Gasteiger partial charge in [-0.2, -0.15) is 0 Å². The summed E-state index contributed by atoms with van der Waals surface area (Å²) >= 11 is 3.79. The summed E-state index contributed by atoms with van der Waals surface area (Å²) in [6.07, 6.45) is -2.27. The molecule has 1 fully saturated rings. The van der Waals surface area contributed by atoms with Crippen LogP contribution in [0.2, 0.25) is 0 Å². The highest BCUT2D eigenvalue weighted by Gasteiger charge is 2.53. The zero-order valence-corrected chi connectivity index (χ0v) is 15.7. The maximum Gasteiger partial charge on any atom is 0.267 e. The van der Waals surface area contributed by atoms with Gasteiger partial charge in [0.1, 0.15) is 30.2 Å². The van der Waals surface area contributed by atoms with E-state index in [1.54, 1.807) is 30.3 Å². The number of benzene rings is 1. The molecule has 29 heavy (non-hydrogen) atoms. The van der Waals surface area contributed by atoms with Crippen LogP contribution in [0.15, 0.2) is 49.2 Å². The Kier molecular flexibility index (Phi) is 5.43. The van der Waals surface area contributed by atoms with Gasteiger partial charge in [-0.05, 0) is 12.9 Å². The fourth-order valence-corrected chi connectivity index (χ4v) is 3.77. The number of rotatable bonds is 6. The summed E-state index contributed by atoms with van der Waals surface area (Å²) in [5.74, 6) is 0. The number of aliphatic hydroxyl groups is 2. The number of hydrogen-bond donors (Lipinski definition) is 3. The molecule has 11 nitrogen and oxygen atoms in total. The van der Waals surface area contributed by atoms with Gasteiger partial charge in [-0.15, -0.1) is 0 Å². The average Bonchev–Trinajstić information content (AvgIpc) is 3.28. The molecule has 3 aromatic rings. The molecule has 2 unspecified atom stereocenters. The Morgan fingerprint density at radius 2 is 2.00 bits per heavy atom. The zero-order chi connectivity index (χ0) is 20.5. The van der Waals surface area contributed by atoms with Crippen LogP contribution in [0.5, 0.6) is 0 Å². The Hall–Kier alpha value is -2.64. The van der Waals surface area contributed by atoms with Gasteiger partial charge < -0.3 is 19.1 Å². The Morgan fingerprint density at radius 3 is 2.69 bits per heavy atom. The van der Waals surface area contributed by atoms with Gasteiger partial charge in [0, 0.05) is 10.5 Å². The van der Waals surface area contributed by atoms with E-state index in [1.807, 2.05) is 0 Å². The van der Waals surface area contributed by atoms with E-state index in [0.29, 0.717) is 16.7 Å². The molecule has 1 saturated heterocycles. The fourth-order valence-electron chi connectivity index (χ4n) is 3.54. The molecule has 0 bridgehead atoms. The van der Waals surface area contributed by atoms with Crippen molar-refractivity contribution in [3.63, 3.8) is 0 Å². The number of thiol groups is 1. The number of nitrogens with zero attached hydrogens (tertiary/aromatic N) is 5. The Bertz CT molecular complexity index is 1000. The van der Waals surface area contributed by atoms with Crippen LogP contribution in [0.25, 0.3) is 11.2 Å². The Labute approximate surface area is 169 Å². The summed E-state index contributed by atoms with van der Waals surface area (Å²) in [6, 6.07) is 6.81. The molecule has 2 N–H and O–H groups in total. The fraction of sp³-hybridized carbons (Fsp3) is 0.353. The average molecular weight is 419 g/mol. The van der Waals surface area contributed by atoms with Gasteiger partial charge >= 0.3 is 0 Å². The SMILES string of the molecule is O=[N+]([O-])C(c1ccccc1)C(OS)[C@H]1O[C@@H](n2cnc3cncnc32)[C@H](O)[C@@H]1O. The molecule has 12 heteroatoms. The third kappa shape index (κ3) is 3.45. The van der Waals surface area contributed by atoms with E-state index in [2.05, 4.69) is 27.9 Å². The second-order valence-corrected chi connectivity index (χ2v) is 6.78. The van der Waals surface area contributed by atoms with Crippen LogP contribution in [0.4, 0.5) is 0 Å². The molecule has 1 aliphatic heterocycles. The summed E-state index contributed by atoms with van der Waals surface area (Å²) in [4.78, 5) is 23.4. The first-order valence-electron chi connectivity index (χ1n) is 8.65. The van der Waals surface area contributed by atoms with Gasteiger partial charge in [-0.25, -0.2) is 15.0 Å². The first kappa shape index (κ1) is 19.7. The molecule has 0 aliphatic carbocycles. The molecular formula is C17H17N5O6S. The minimum atomic E-state index is -1.47. The van der Waals surface area contributed by atoms with Crippen molar-refractivity contribution in [1.29, 1.82) is 0 Å². The van der Waals surface area contributed by atoms with Gasteiger partial charge in [-0.3, -0.25) is 14.7 Å². The van der Waals surface area contributed by atoms with Crippen molar-refractivity contribution in [2.45, 2.75) is 36.7 Å². The molecule has 152 valence electrons. The molecule has 1 aromatic carbocycles. The number of fused-ring (bicyclic) bond motifs is 1. The highest BCUT2D eigenvalue weighted by atomic mass is 32.1. The summed E-state index contributed by atoms with van der Waals surface area (Å²) in [7, 11) is 0. The van der Waals surface area contributed by atoms with Crippen LogP contribution >= 0.6 is 12.9 Å². The van der Waals surface area contributed by atoms with Crippen LogP contribution in [-0.4, -0.2) is 59.1 Å². The number of aliphatic hydroxyl groups excluding tert-OH is 2. The second-order valence-electron chi connectivity index (χ2n) is 6.57. The standard InChI is InChI=1S/C17H17N5O6S/c23-12-13(24)17(21-8-20-10-6-18-7-19-16(10)21)27-15(12)14(28-29)11(22(25)26)9-4-2-1-3-5-9/h1-8,11-15,17,23-24,29H/t11?,12-,13+,14?,15-,17+/m0/s1. The zero-order valence-electron chi connectivity index (χ0n) is 14.8. The lowest BCUT2D eigenvalue weighted by Crippen LogP contribution is -2.44. The van der Waals surface area contributed by atoms with Crippen LogP contribution in [0.3, 0.4) is 0 Å². The first-order chi connectivity index (χ1) is 14.0. The largest absolute Gasteiger partial charge is 0.387 e. The van der Waals surface area contributed by atoms with Gasteiger partial charge in [0.25, 0.3) is 6.04 Å². The van der Waals surface area contributed by atoms with Gasteiger partial charge in [0.2, 0.25) is 0 Å². The second kappa shape index (κ2) is 8.00. The first-order valence-corrected chi connectivity index (χ1v) is 9.02. The van der Waals surface area contributed by atoms with Gasteiger partial charge in [0.15, 0.2) is 18.0 Å². The van der Waals surface area contributed by atoms with Crippen molar-refractivity contribution in [1.82, 2.24) is 19.5 Å². The van der Waals surface area contributed by atoms with Gasteiger partial charge in [0.05, 0.1) is 12.5 Å². The van der Waals surface area contributed by atoms with E-state index in [0.717, 1.165) is 0 Å². The molecule has 2 aromatic heterocycles. The molecule has 0 spiro atoms. The summed E-state index contributed by atoms with van der Waals surface area (Å²) in [6.45, 7) is 0. The smallest absolute Gasteiger partial charge is 0.267 e. The number of aromatic nitrogens is 4. The normalized spacial score (nSPS) is 26.4. The maximum absolute atomic E-state index is 11.8. The third-order valence-electron chi connectivity index (χ3n) is 4.91. The predicted octanol–water partition coefficient (Wildman–Crippen LogP) is 0.693. The maximum atomic E-state index is 11.8. The molecule has 0 saturated carbocycles. The molecule has 4 rings (SSSR count). The van der Waals surface area contributed by atoms with E-state index in [4.69, 9.17) is 8.92 Å². The molecule has 1 aliphatic rings. The van der Waals surface area contributed by atoms with Crippen molar-refractivity contribution in [3.05, 3.63) is 64.9 Å². The summed E-state index contributed by atoms with van der Waals surface area (Å²) < 4.78 is 12.4. The topological polar surface area (TPSA) is 146 Å². The minimum absolute atomic E-state index is 0.353. The third-order valence-corrected chi connectivity index (χ3v) is 5.16. The van der Waals surface area contributed by atoms with Crippen molar-refractivity contribution in [2.75, 3.05) is 0 Å². The molecule has 3 heterocycles. The van der Waals surface area contributed by atoms with Crippen LogP contribution in [0, 0.1) is 10.1 Å². The van der Waals surface area contributed by atoms with Crippen molar-refractivity contribution < 1.29 is 24.1 Å². The van der Waals surface area contributed by atoms with E-state index >= 15 is 0 Å². The van der Waals surface area contributed by atoms with E-state index in [-0.39, 0.29) is 0 Å². The molecule has 0 radical (unpaired) electrons. The number of ether oxygens (including phenoxy) is 1. The monoisotopic (exact) mass is 419 g/mol. The van der Waals surface area contributed by atoms with E-state index < -0.39 is 41.6 Å². The predicted molar refractivity (Wildman–Crippen MR) is 101 cm³/mol. The highest BCUT2D eigenvalue weighted by molar-refractivity contribution is 7.75. The van der Waals surface area contributed by atoms with Crippen molar-refractivity contribution in [2.24, 2.45) is 0 Å². The van der Waals surface area contributed by atoms with E-state index in [9.17, 15) is 20.3 Å². The van der Waals surface area contributed by atoms with Crippen LogP contribution in [0.1, 0.15) is 17.8 Å². The summed E-state index contributed by atoms with van der Waals surface area (Å²) in [5, 5.41) is 33.0. The Balaban J connectivity index is 1.67. The Morgan fingerprint density at radius 1 is 1.24 bits per heavy atom. The number of hydrogen-bond acceptors (Lipinski definition) is 10. The van der Waals surface area contributed by atoms with Crippen molar-refractivity contribution in [3.8, 4) is 0 Å². The minimum Gasteiger partial charge on any atom is -0.387 e. The quantitative estimate of drug-likeness (QED) is 0.227. The highest BCUT2D eigenvalue weighted by Crippen LogP contribution is 2.38. The number of imidazole rings is 1. The van der Waals surface area contributed by atoms with Crippen LogP contribution in [-0.2, 0) is 8.92 Å². The van der Waals surface area contributed by atoms with Crippen LogP contribution < -0.4 is 0 Å². The molecule has 6 atom stereocenters.